The molecule has 30 heavy (non-hydrogen) atoms. The van der Waals surface area contributed by atoms with E-state index in [9.17, 15) is 9.18 Å². The van der Waals surface area contributed by atoms with E-state index in [4.69, 9.17) is 4.98 Å². The maximum Gasteiger partial charge on any atom is 0.280 e. The number of aryl methyl sites for hydroxylation is 3. The predicted molar refractivity (Wildman–Crippen MR) is 118 cm³/mol. The lowest BCUT2D eigenvalue weighted by Crippen LogP contribution is -2.26. The minimum absolute atomic E-state index is 0.0832. The molecule has 0 aliphatic carbocycles. The van der Waals surface area contributed by atoms with Gasteiger partial charge in [-0.05, 0) is 43.5 Å². The van der Waals surface area contributed by atoms with Crippen molar-refractivity contribution in [3.8, 4) is 0 Å². The topological polar surface area (TPSA) is 52.7 Å². The SMILES string of the molecule is CCn1nc(C)c2nc(SCc3cccc(F)c3)n(CCc3ccccc3)c(=O)c21. The summed E-state index contributed by atoms with van der Waals surface area (Å²) >= 11 is 1.45. The van der Waals surface area contributed by atoms with Gasteiger partial charge in [0.1, 0.15) is 11.3 Å². The molecule has 7 heteroatoms. The smallest absolute Gasteiger partial charge is 0.280 e. The molecule has 0 spiro atoms. The third kappa shape index (κ3) is 4.16. The summed E-state index contributed by atoms with van der Waals surface area (Å²) in [6, 6.07) is 16.6. The molecule has 0 N–H and O–H groups in total. The van der Waals surface area contributed by atoms with Crippen molar-refractivity contribution in [2.45, 2.75) is 44.3 Å². The molecule has 0 fully saturated rings. The van der Waals surface area contributed by atoms with E-state index in [0.29, 0.717) is 35.0 Å². The van der Waals surface area contributed by atoms with Crippen LogP contribution in [0.1, 0.15) is 23.7 Å². The van der Waals surface area contributed by atoms with Gasteiger partial charge in [-0.15, -0.1) is 0 Å². The van der Waals surface area contributed by atoms with E-state index in [1.807, 2.05) is 38.1 Å². The van der Waals surface area contributed by atoms with Crippen LogP contribution >= 0.6 is 11.8 Å². The molecular formula is C23H23FN4OS. The summed E-state index contributed by atoms with van der Waals surface area (Å²) < 4.78 is 17.0. The third-order valence-corrected chi connectivity index (χ3v) is 6.05. The normalized spacial score (nSPS) is 11.3. The van der Waals surface area contributed by atoms with E-state index in [-0.39, 0.29) is 11.4 Å². The molecule has 0 radical (unpaired) electrons. The van der Waals surface area contributed by atoms with Gasteiger partial charge in [-0.3, -0.25) is 14.0 Å². The Labute approximate surface area is 178 Å². The molecular weight excluding hydrogens is 399 g/mol. The molecule has 5 nitrogen and oxygen atoms in total. The second kappa shape index (κ2) is 8.83. The lowest BCUT2D eigenvalue weighted by atomic mass is 10.1. The molecule has 0 bridgehead atoms. The van der Waals surface area contributed by atoms with E-state index >= 15 is 0 Å². The maximum absolute atomic E-state index is 13.6. The van der Waals surface area contributed by atoms with Gasteiger partial charge in [0.2, 0.25) is 0 Å². The lowest BCUT2D eigenvalue weighted by Gasteiger charge is -2.13. The second-order valence-electron chi connectivity index (χ2n) is 7.10. The lowest BCUT2D eigenvalue weighted by molar-refractivity contribution is 0.587. The van der Waals surface area contributed by atoms with Crippen molar-refractivity contribution in [3.05, 3.63) is 87.6 Å². The van der Waals surface area contributed by atoms with E-state index in [1.54, 1.807) is 15.3 Å². The zero-order valence-electron chi connectivity index (χ0n) is 17.0. The van der Waals surface area contributed by atoms with Crippen LogP contribution in [-0.4, -0.2) is 19.3 Å². The van der Waals surface area contributed by atoms with Crippen LogP contribution in [0.25, 0.3) is 11.0 Å². The summed E-state index contributed by atoms with van der Waals surface area (Å²) in [5.41, 5.74) is 3.85. The van der Waals surface area contributed by atoms with E-state index in [2.05, 4.69) is 17.2 Å². The quantitative estimate of drug-likeness (QED) is 0.323. The van der Waals surface area contributed by atoms with Gasteiger partial charge < -0.3 is 0 Å². The Morgan fingerprint density at radius 3 is 2.57 bits per heavy atom. The number of thioether (sulfide) groups is 1. The molecule has 2 aromatic carbocycles. The molecule has 154 valence electrons. The maximum atomic E-state index is 13.6. The van der Waals surface area contributed by atoms with Gasteiger partial charge >= 0.3 is 0 Å². The Bertz CT molecular complexity index is 1230. The Morgan fingerprint density at radius 2 is 1.83 bits per heavy atom. The van der Waals surface area contributed by atoms with Gasteiger partial charge in [0.15, 0.2) is 10.7 Å². The van der Waals surface area contributed by atoms with E-state index in [1.165, 1.54) is 23.9 Å². The van der Waals surface area contributed by atoms with Gasteiger partial charge in [0.05, 0.1) is 5.69 Å². The Morgan fingerprint density at radius 1 is 1.07 bits per heavy atom. The zero-order chi connectivity index (χ0) is 21.1. The van der Waals surface area contributed by atoms with Crippen molar-refractivity contribution in [3.63, 3.8) is 0 Å². The van der Waals surface area contributed by atoms with Crippen molar-refractivity contribution in [1.29, 1.82) is 0 Å². The molecule has 0 aliphatic heterocycles. The van der Waals surface area contributed by atoms with Crippen LogP contribution in [0.5, 0.6) is 0 Å². The summed E-state index contributed by atoms with van der Waals surface area (Å²) in [4.78, 5) is 18.2. The molecule has 2 heterocycles. The number of hydrogen-bond acceptors (Lipinski definition) is 4. The zero-order valence-corrected chi connectivity index (χ0v) is 17.8. The monoisotopic (exact) mass is 422 g/mol. The average molecular weight is 423 g/mol. The highest BCUT2D eigenvalue weighted by Crippen LogP contribution is 2.24. The van der Waals surface area contributed by atoms with Crippen LogP contribution in [0.2, 0.25) is 0 Å². The van der Waals surface area contributed by atoms with Crippen LogP contribution in [-0.2, 0) is 25.3 Å². The van der Waals surface area contributed by atoms with Crippen LogP contribution in [0.15, 0.2) is 64.5 Å². The van der Waals surface area contributed by atoms with Crippen molar-refractivity contribution in [2.24, 2.45) is 0 Å². The van der Waals surface area contributed by atoms with Crippen LogP contribution < -0.4 is 5.56 Å². The fourth-order valence-electron chi connectivity index (χ4n) is 3.48. The highest BCUT2D eigenvalue weighted by Gasteiger charge is 2.18. The number of nitrogens with zero attached hydrogens (tertiary/aromatic N) is 4. The first-order valence-electron chi connectivity index (χ1n) is 9.96. The van der Waals surface area contributed by atoms with Gasteiger partial charge in [-0.25, -0.2) is 9.37 Å². The van der Waals surface area contributed by atoms with Gasteiger partial charge in [-0.1, -0.05) is 54.2 Å². The summed E-state index contributed by atoms with van der Waals surface area (Å²) in [5.74, 6) is 0.264. The molecule has 0 saturated heterocycles. The van der Waals surface area contributed by atoms with Crippen molar-refractivity contribution in [1.82, 2.24) is 19.3 Å². The summed E-state index contributed by atoms with van der Waals surface area (Å²) in [7, 11) is 0. The summed E-state index contributed by atoms with van der Waals surface area (Å²) in [5, 5.41) is 5.11. The molecule has 0 saturated carbocycles. The molecule has 0 amide bonds. The molecule has 0 unspecified atom stereocenters. The minimum Gasteiger partial charge on any atom is -0.285 e. The highest BCUT2D eigenvalue weighted by atomic mass is 32.2. The molecule has 0 aliphatic rings. The molecule has 0 atom stereocenters. The van der Waals surface area contributed by atoms with Gasteiger partial charge in [-0.2, -0.15) is 5.10 Å². The Balaban J connectivity index is 1.73. The molecule has 2 aromatic heterocycles. The van der Waals surface area contributed by atoms with Crippen LogP contribution in [0, 0.1) is 12.7 Å². The third-order valence-electron chi connectivity index (χ3n) is 5.01. The van der Waals surface area contributed by atoms with Gasteiger partial charge in [0.25, 0.3) is 5.56 Å². The van der Waals surface area contributed by atoms with Crippen LogP contribution in [0.4, 0.5) is 4.39 Å². The first kappa shape index (κ1) is 20.3. The first-order chi connectivity index (χ1) is 14.6. The number of halogens is 1. The number of aromatic nitrogens is 4. The highest BCUT2D eigenvalue weighted by molar-refractivity contribution is 7.98. The fraction of sp³-hybridized carbons (Fsp3) is 0.261. The fourth-order valence-corrected chi connectivity index (χ4v) is 4.45. The van der Waals surface area contributed by atoms with E-state index < -0.39 is 0 Å². The standard InChI is InChI=1S/C23H23FN4OS/c1-3-28-21-20(16(2)26-28)25-23(30-15-18-10-7-11-19(24)14-18)27(22(21)29)13-12-17-8-5-4-6-9-17/h4-11,14H,3,12-13,15H2,1-2H3. The second-order valence-corrected chi connectivity index (χ2v) is 8.05. The van der Waals surface area contributed by atoms with Crippen LogP contribution in [0.3, 0.4) is 0 Å². The van der Waals surface area contributed by atoms with Crippen molar-refractivity contribution >= 4 is 22.8 Å². The predicted octanol–water partition coefficient (Wildman–Crippen LogP) is 4.60. The average Bonchev–Trinajstić information content (AvgIpc) is 3.08. The summed E-state index contributed by atoms with van der Waals surface area (Å²) in [6.07, 6.45) is 0.723. The number of fused-ring (bicyclic) bond motifs is 1. The molecule has 4 aromatic rings. The van der Waals surface area contributed by atoms with Crippen molar-refractivity contribution in [2.75, 3.05) is 0 Å². The Hall–Kier alpha value is -2.93. The number of benzene rings is 2. The minimum atomic E-state index is -0.266. The first-order valence-corrected chi connectivity index (χ1v) is 10.9. The number of rotatable bonds is 7. The molecule has 4 rings (SSSR count). The van der Waals surface area contributed by atoms with Gasteiger partial charge in [0, 0.05) is 18.8 Å². The largest absolute Gasteiger partial charge is 0.285 e. The number of hydrogen-bond donors (Lipinski definition) is 0. The van der Waals surface area contributed by atoms with Crippen molar-refractivity contribution < 1.29 is 4.39 Å². The Kier molecular flexibility index (Phi) is 5.99. The van der Waals surface area contributed by atoms with E-state index in [0.717, 1.165) is 23.2 Å². The summed E-state index contributed by atoms with van der Waals surface area (Å²) in [6.45, 7) is 4.96.